The molecule has 6 heteroatoms. The Morgan fingerprint density at radius 2 is 2.04 bits per heavy atom. The highest BCUT2D eigenvalue weighted by Crippen LogP contribution is 2.52. The molecule has 150 valence electrons. The van der Waals surface area contributed by atoms with E-state index in [4.69, 9.17) is 9.26 Å². The summed E-state index contributed by atoms with van der Waals surface area (Å²) in [7, 11) is 0. The molecule has 2 heterocycles. The number of ether oxygens (including phenoxy) is 1. The van der Waals surface area contributed by atoms with Crippen molar-refractivity contribution >= 4 is 5.91 Å². The Labute approximate surface area is 164 Å². The predicted molar refractivity (Wildman–Crippen MR) is 103 cm³/mol. The second-order valence-corrected chi connectivity index (χ2v) is 9.42. The molecular formula is C22H27FN2O3. The molecule has 1 aromatic heterocycles. The van der Waals surface area contributed by atoms with E-state index in [2.05, 4.69) is 25.9 Å². The first-order chi connectivity index (χ1) is 13.2. The van der Waals surface area contributed by atoms with Gasteiger partial charge < -0.3 is 14.2 Å². The second-order valence-electron chi connectivity index (χ2n) is 9.42. The first kappa shape index (κ1) is 19.1. The van der Waals surface area contributed by atoms with E-state index in [0.717, 1.165) is 31.4 Å². The monoisotopic (exact) mass is 386 g/mol. The van der Waals surface area contributed by atoms with Crippen molar-refractivity contribution in [3.8, 4) is 11.3 Å². The standard InChI is InChI=1S/C22H27FN2O3/c1-21(2)9-18-10-22(3,13-21)14-25(18)20(26)12-27-11-17-8-19(28-24-17)15-4-6-16(23)7-5-15/h4-8,18H,9-14H2,1-3H3/t18-,22+/m1/s1. The molecule has 0 radical (unpaired) electrons. The first-order valence-electron chi connectivity index (χ1n) is 9.82. The highest BCUT2D eigenvalue weighted by Gasteiger charge is 2.50. The number of halogens is 1. The fourth-order valence-corrected chi connectivity index (χ4v) is 5.21. The molecular weight excluding hydrogens is 359 g/mol. The number of amides is 1. The fraction of sp³-hybridized carbons (Fsp3) is 0.545. The Morgan fingerprint density at radius 3 is 2.79 bits per heavy atom. The lowest BCUT2D eigenvalue weighted by atomic mass is 9.65. The minimum Gasteiger partial charge on any atom is -0.365 e. The molecule has 0 N–H and O–H groups in total. The number of hydrogen-bond acceptors (Lipinski definition) is 4. The van der Waals surface area contributed by atoms with Gasteiger partial charge in [0.1, 0.15) is 18.1 Å². The van der Waals surface area contributed by atoms with Gasteiger partial charge in [0.2, 0.25) is 5.91 Å². The highest BCUT2D eigenvalue weighted by molar-refractivity contribution is 5.78. The van der Waals surface area contributed by atoms with Crippen LogP contribution in [-0.4, -0.2) is 35.2 Å². The second kappa shape index (κ2) is 6.99. The maximum absolute atomic E-state index is 13.0. The molecule has 1 amide bonds. The zero-order valence-corrected chi connectivity index (χ0v) is 16.7. The maximum Gasteiger partial charge on any atom is 0.248 e. The number of likely N-dealkylation sites (tertiary alicyclic amines) is 1. The van der Waals surface area contributed by atoms with Crippen LogP contribution in [0, 0.1) is 16.6 Å². The lowest BCUT2D eigenvalue weighted by molar-refractivity contribution is -0.137. The summed E-state index contributed by atoms with van der Waals surface area (Å²) in [4.78, 5) is 14.7. The average molecular weight is 386 g/mol. The van der Waals surface area contributed by atoms with Crippen LogP contribution < -0.4 is 0 Å². The van der Waals surface area contributed by atoms with Gasteiger partial charge in [-0.25, -0.2) is 4.39 Å². The van der Waals surface area contributed by atoms with E-state index in [1.165, 1.54) is 12.1 Å². The SMILES string of the molecule is CC1(C)C[C@@H]2C[C@](C)(CN2C(=O)COCc2cc(-c3ccc(F)cc3)on2)C1. The van der Waals surface area contributed by atoms with Gasteiger partial charge in [-0.05, 0) is 54.4 Å². The van der Waals surface area contributed by atoms with Crippen molar-refractivity contribution in [2.45, 2.75) is 52.7 Å². The van der Waals surface area contributed by atoms with E-state index < -0.39 is 0 Å². The number of hydrogen-bond donors (Lipinski definition) is 0. The third kappa shape index (κ3) is 3.97. The van der Waals surface area contributed by atoms with Crippen LogP contribution in [0.25, 0.3) is 11.3 Å². The van der Waals surface area contributed by atoms with Gasteiger partial charge in [0.25, 0.3) is 0 Å². The number of carbonyl (C=O) groups excluding carboxylic acids is 1. The van der Waals surface area contributed by atoms with Crippen LogP contribution in [0.5, 0.6) is 0 Å². The van der Waals surface area contributed by atoms with E-state index in [9.17, 15) is 9.18 Å². The van der Waals surface area contributed by atoms with Crippen molar-refractivity contribution < 1.29 is 18.4 Å². The summed E-state index contributed by atoms with van der Waals surface area (Å²) in [5.74, 6) is 0.302. The van der Waals surface area contributed by atoms with Gasteiger partial charge in [0.05, 0.1) is 6.61 Å². The third-order valence-electron chi connectivity index (χ3n) is 5.90. The van der Waals surface area contributed by atoms with Crippen molar-refractivity contribution in [1.29, 1.82) is 0 Å². The van der Waals surface area contributed by atoms with Crippen LogP contribution in [0.1, 0.15) is 45.7 Å². The summed E-state index contributed by atoms with van der Waals surface area (Å²) in [6, 6.07) is 8.10. The van der Waals surface area contributed by atoms with Gasteiger partial charge in [0, 0.05) is 24.2 Å². The molecule has 1 aliphatic heterocycles. The van der Waals surface area contributed by atoms with Gasteiger partial charge >= 0.3 is 0 Å². The van der Waals surface area contributed by atoms with Gasteiger partial charge in [-0.2, -0.15) is 0 Å². The quantitative estimate of drug-likeness (QED) is 0.763. The molecule has 2 aromatic rings. The molecule has 1 aromatic carbocycles. The van der Waals surface area contributed by atoms with E-state index in [-0.39, 0.29) is 35.8 Å². The smallest absolute Gasteiger partial charge is 0.248 e. The lowest BCUT2D eigenvalue weighted by Crippen LogP contribution is -2.39. The molecule has 28 heavy (non-hydrogen) atoms. The van der Waals surface area contributed by atoms with Crippen LogP contribution in [-0.2, 0) is 16.1 Å². The summed E-state index contributed by atoms with van der Waals surface area (Å²) in [5.41, 5.74) is 1.86. The molecule has 1 saturated heterocycles. The molecule has 2 atom stereocenters. The molecule has 0 unspecified atom stereocenters. The maximum atomic E-state index is 13.0. The lowest BCUT2D eigenvalue weighted by Gasteiger charge is -2.39. The van der Waals surface area contributed by atoms with Crippen molar-refractivity contribution in [3.05, 3.63) is 41.8 Å². The summed E-state index contributed by atoms with van der Waals surface area (Å²) in [6.45, 7) is 7.96. The van der Waals surface area contributed by atoms with Crippen molar-refractivity contribution in [1.82, 2.24) is 10.1 Å². The Morgan fingerprint density at radius 1 is 1.29 bits per heavy atom. The first-order valence-corrected chi connectivity index (χ1v) is 9.82. The number of fused-ring (bicyclic) bond motifs is 2. The zero-order valence-electron chi connectivity index (χ0n) is 16.7. The van der Waals surface area contributed by atoms with E-state index >= 15 is 0 Å². The molecule has 2 fully saturated rings. The Bertz CT molecular complexity index is 861. The largest absolute Gasteiger partial charge is 0.365 e. The van der Waals surface area contributed by atoms with Crippen LogP contribution >= 0.6 is 0 Å². The van der Waals surface area contributed by atoms with Crippen LogP contribution in [0.2, 0.25) is 0 Å². The number of carbonyl (C=O) groups is 1. The van der Waals surface area contributed by atoms with Crippen molar-refractivity contribution in [2.75, 3.05) is 13.2 Å². The number of benzene rings is 1. The summed E-state index contributed by atoms with van der Waals surface area (Å²) < 4.78 is 23.9. The molecule has 1 aliphatic carbocycles. The number of nitrogens with zero attached hydrogens (tertiary/aromatic N) is 2. The Kier molecular flexibility index (Phi) is 4.78. The van der Waals surface area contributed by atoms with Crippen molar-refractivity contribution in [2.24, 2.45) is 10.8 Å². The minimum atomic E-state index is -0.297. The number of aromatic nitrogens is 1. The van der Waals surface area contributed by atoms with E-state index in [0.29, 0.717) is 17.5 Å². The van der Waals surface area contributed by atoms with Gasteiger partial charge in [-0.3, -0.25) is 4.79 Å². The van der Waals surface area contributed by atoms with Crippen LogP contribution in [0.4, 0.5) is 4.39 Å². The van der Waals surface area contributed by atoms with Crippen LogP contribution in [0.3, 0.4) is 0 Å². The van der Waals surface area contributed by atoms with Gasteiger partial charge in [-0.15, -0.1) is 0 Å². The van der Waals surface area contributed by atoms with E-state index in [1.807, 2.05) is 4.90 Å². The third-order valence-corrected chi connectivity index (χ3v) is 5.90. The van der Waals surface area contributed by atoms with E-state index in [1.54, 1.807) is 18.2 Å². The molecule has 2 aliphatic rings. The molecule has 5 nitrogen and oxygen atoms in total. The summed E-state index contributed by atoms with van der Waals surface area (Å²) in [6.07, 6.45) is 3.30. The molecule has 0 spiro atoms. The van der Waals surface area contributed by atoms with Gasteiger partial charge in [0.15, 0.2) is 5.76 Å². The Hall–Kier alpha value is -2.21. The summed E-state index contributed by atoms with van der Waals surface area (Å²) in [5, 5.41) is 3.97. The summed E-state index contributed by atoms with van der Waals surface area (Å²) >= 11 is 0. The topological polar surface area (TPSA) is 55.6 Å². The molecule has 2 bridgehead atoms. The predicted octanol–water partition coefficient (Wildman–Crippen LogP) is 4.42. The van der Waals surface area contributed by atoms with Crippen molar-refractivity contribution in [3.63, 3.8) is 0 Å². The fourth-order valence-electron chi connectivity index (χ4n) is 5.21. The normalized spacial score (nSPS) is 25.9. The molecule has 4 rings (SSSR count). The molecule has 1 saturated carbocycles. The Balaban J connectivity index is 1.31. The zero-order chi connectivity index (χ0) is 19.9. The van der Waals surface area contributed by atoms with Gasteiger partial charge in [-0.1, -0.05) is 25.9 Å². The highest BCUT2D eigenvalue weighted by atomic mass is 19.1. The average Bonchev–Trinajstić information content (AvgIpc) is 3.16. The minimum absolute atomic E-state index is 0.0474. The number of rotatable bonds is 5. The van der Waals surface area contributed by atoms with Crippen LogP contribution in [0.15, 0.2) is 34.9 Å².